The number of aromatic nitrogens is 1. The number of pyridine rings is 1. The number of hydrogen-bond acceptors (Lipinski definition) is 4. The van der Waals surface area contributed by atoms with E-state index < -0.39 is 15.3 Å². The zero-order chi connectivity index (χ0) is 14.9. The van der Waals surface area contributed by atoms with Gasteiger partial charge in [-0.3, -0.25) is 9.88 Å². The van der Waals surface area contributed by atoms with Crippen molar-refractivity contribution < 1.29 is 8.42 Å². The summed E-state index contributed by atoms with van der Waals surface area (Å²) in [6.07, 6.45) is 8.18. The molecule has 116 valence electrons. The molecule has 1 saturated heterocycles. The highest BCUT2D eigenvalue weighted by molar-refractivity contribution is 7.89. The number of nitrogens with two attached hydrogens (primary N) is 1. The van der Waals surface area contributed by atoms with Crippen LogP contribution in [0.4, 0.5) is 0 Å². The summed E-state index contributed by atoms with van der Waals surface area (Å²) in [6.45, 7) is 2.21. The van der Waals surface area contributed by atoms with Gasteiger partial charge in [0.1, 0.15) is 0 Å². The Balaban J connectivity index is 1.75. The van der Waals surface area contributed by atoms with Crippen molar-refractivity contribution in [1.29, 1.82) is 0 Å². The number of hydrogen-bond donors (Lipinski definition) is 1. The van der Waals surface area contributed by atoms with E-state index in [1.54, 1.807) is 0 Å². The molecule has 1 aliphatic carbocycles. The molecule has 1 fully saturated rings. The second kappa shape index (κ2) is 6.02. The SMILES string of the molecule is NS(=O)(=O)C1CCCN(Cc2nccc3c2CCCC3)C1. The third kappa shape index (κ3) is 3.44. The smallest absolute Gasteiger partial charge is 0.213 e. The predicted molar refractivity (Wildman–Crippen MR) is 82.3 cm³/mol. The molecule has 5 nitrogen and oxygen atoms in total. The highest BCUT2D eigenvalue weighted by Gasteiger charge is 2.28. The van der Waals surface area contributed by atoms with Crippen molar-refractivity contribution in [3.63, 3.8) is 0 Å². The van der Waals surface area contributed by atoms with Crippen LogP contribution in [0.3, 0.4) is 0 Å². The van der Waals surface area contributed by atoms with Gasteiger partial charge < -0.3 is 0 Å². The van der Waals surface area contributed by atoms with Crippen LogP contribution >= 0.6 is 0 Å². The van der Waals surface area contributed by atoms with Gasteiger partial charge in [-0.15, -0.1) is 0 Å². The van der Waals surface area contributed by atoms with Crippen LogP contribution in [0.5, 0.6) is 0 Å². The average Bonchev–Trinajstić information content (AvgIpc) is 2.47. The number of piperidine rings is 1. The molecule has 2 heterocycles. The zero-order valence-corrected chi connectivity index (χ0v) is 13.1. The standard InChI is InChI=1S/C15H23N3O2S/c16-21(19,20)13-5-3-9-18(10-13)11-15-14-6-2-1-4-12(14)7-8-17-15/h7-8,13H,1-6,9-11H2,(H2,16,19,20). The van der Waals surface area contributed by atoms with E-state index >= 15 is 0 Å². The molecule has 21 heavy (non-hydrogen) atoms. The lowest BCUT2D eigenvalue weighted by molar-refractivity contribution is 0.219. The Morgan fingerprint density at radius 1 is 1.29 bits per heavy atom. The Morgan fingerprint density at radius 2 is 2.10 bits per heavy atom. The summed E-state index contributed by atoms with van der Waals surface area (Å²) >= 11 is 0. The molecule has 6 heteroatoms. The molecule has 3 rings (SSSR count). The molecule has 1 unspecified atom stereocenters. The molecule has 1 aromatic rings. The summed E-state index contributed by atoms with van der Waals surface area (Å²) in [4.78, 5) is 6.74. The fraction of sp³-hybridized carbons (Fsp3) is 0.667. The van der Waals surface area contributed by atoms with Crippen molar-refractivity contribution in [2.45, 2.75) is 50.3 Å². The molecular formula is C15H23N3O2S. The molecular weight excluding hydrogens is 286 g/mol. The molecule has 2 N–H and O–H groups in total. The quantitative estimate of drug-likeness (QED) is 0.910. The maximum Gasteiger partial charge on any atom is 0.213 e. The maximum absolute atomic E-state index is 11.6. The van der Waals surface area contributed by atoms with Crippen LogP contribution in [0.15, 0.2) is 12.3 Å². The van der Waals surface area contributed by atoms with Crippen molar-refractivity contribution in [3.05, 3.63) is 29.1 Å². The van der Waals surface area contributed by atoms with Crippen LogP contribution in [0.1, 0.15) is 42.5 Å². The highest BCUT2D eigenvalue weighted by Crippen LogP contribution is 2.25. The van der Waals surface area contributed by atoms with Crippen molar-refractivity contribution in [1.82, 2.24) is 9.88 Å². The van der Waals surface area contributed by atoms with Crippen LogP contribution < -0.4 is 5.14 Å². The number of primary sulfonamides is 1. The summed E-state index contributed by atoms with van der Waals surface area (Å²) in [5.74, 6) is 0. The van der Waals surface area contributed by atoms with Crippen LogP contribution in [0.25, 0.3) is 0 Å². The first-order chi connectivity index (χ1) is 10.0. The van der Waals surface area contributed by atoms with Gasteiger partial charge in [-0.05, 0) is 62.3 Å². The molecule has 2 aliphatic rings. The lowest BCUT2D eigenvalue weighted by Crippen LogP contribution is -2.44. The summed E-state index contributed by atoms with van der Waals surface area (Å²) in [5.41, 5.74) is 3.94. The second-order valence-corrected chi connectivity index (χ2v) is 8.04. The lowest BCUT2D eigenvalue weighted by atomic mass is 9.91. The molecule has 1 atom stereocenters. The fourth-order valence-corrected chi connectivity index (χ4v) is 4.42. The zero-order valence-electron chi connectivity index (χ0n) is 12.3. The number of sulfonamides is 1. The Morgan fingerprint density at radius 3 is 2.90 bits per heavy atom. The predicted octanol–water partition coefficient (Wildman–Crippen LogP) is 1.21. The summed E-state index contributed by atoms with van der Waals surface area (Å²) in [6, 6.07) is 2.13. The molecule has 1 aromatic heterocycles. The summed E-state index contributed by atoms with van der Waals surface area (Å²) in [5, 5.41) is 4.88. The Bertz CT molecular complexity index is 615. The first-order valence-corrected chi connectivity index (χ1v) is 9.34. The third-order valence-corrected chi connectivity index (χ3v) is 5.98. The van der Waals surface area contributed by atoms with E-state index in [9.17, 15) is 8.42 Å². The molecule has 0 radical (unpaired) electrons. The Kier molecular flexibility index (Phi) is 4.28. The van der Waals surface area contributed by atoms with E-state index in [0.29, 0.717) is 13.0 Å². The molecule has 1 aliphatic heterocycles. The van der Waals surface area contributed by atoms with Crippen molar-refractivity contribution in [2.24, 2.45) is 5.14 Å². The summed E-state index contributed by atoms with van der Waals surface area (Å²) in [7, 11) is -3.43. The van der Waals surface area contributed by atoms with Crippen molar-refractivity contribution in [2.75, 3.05) is 13.1 Å². The molecule has 0 bridgehead atoms. The van der Waals surface area contributed by atoms with Crippen molar-refractivity contribution in [3.8, 4) is 0 Å². The normalized spacial score (nSPS) is 23.8. The largest absolute Gasteiger partial charge is 0.296 e. The monoisotopic (exact) mass is 309 g/mol. The van der Waals surface area contributed by atoms with Gasteiger partial charge in [0, 0.05) is 19.3 Å². The number of fused-ring (bicyclic) bond motifs is 1. The number of aryl methyl sites for hydroxylation is 1. The van der Waals surface area contributed by atoms with Gasteiger partial charge in [-0.2, -0.15) is 0 Å². The van der Waals surface area contributed by atoms with Gasteiger partial charge in [0.05, 0.1) is 10.9 Å². The molecule has 0 saturated carbocycles. The lowest BCUT2D eigenvalue weighted by Gasteiger charge is -2.32. The van der Waals surface area contributed by atoms with E-state index in [1.807, 2.05) is 6.20 Å². The average molecular weight is 309 g/mol. The number of likely N-dealkylation sites (tertiary alicyclic amines) is 1. The minimum absolute atomic E-state index is 0.425. The molecule has 0 aromatic carbocycles. The number of rotatable bonds is 3. The van der Waals surface area contributed by atoms with Gasteiger partial charge in [0.15, 0.2) is 0 Å². The summed E-state index contributed by atoms with van der Waals surface area (Å²) < 4.78 is 23.1. The van der Waals surface area contributed by atoms with Crippen LogP contribution in [0, 0.1) is 0 Å². The van der Waals surface area contributed by atoms with E-state index in [2.05, 4.69) is 16.0 Å². The molecule has 0 spiro atoms. The van der Waals surface area contributed by atoms with Gasteiger partial charge in [-0.1, -0.05) is 0 Å². The first-order valence-electron chi connectivity index (χ1n) is 7.73. The fourth-order valence-electron chi connectivity index (χ4n) is 3.51. The maximum atomic E-state index is 11.6. The topological polar surface area (TPSA) is 76.3 Å². The minimum Gasteiger partial charge on any atom is -0.296 e. The second-order valence-electron chi connectivity index (χ2n) is 6.19. The Labute approximate surface area is 126 Å². The minimum atomic E-state index is -3.43. The van der Waals surface area contributed by atoms with E-state index in [4.69, 9.17) is 5.14 Å². The third-order valence-electron chi connectivity index (χ3n) is 4.67. The Hall–Kier alpha value is -0.980. The van der Waals surface area contributed by atoms with Crippen LogP contribution in [-0.2, 0) is 29.4 Å². The van der Waals surface area contributed by atoms with Gasteiger partial charge in [0.2, 0.25) is 10.0 Å². The van der Waals surface area contributed by atoms with Gasteiger partial charge >= 0.3 is 0 Å². The number of nitrogens with zero attached hydrogens (tertiary/aromatic N) is 2. The first kappa shape index (κ1) is 14.9. The molecule has 0 amide bonds. The van der Waals surface area contributed by atoms with Crippen molar-refractivity contribution >= 4 is 10.0 Å². The van der Waals surface area contributed by atoms with E-state index in [-0.39, 0.29) is 0 Å². The van der Waals surface area contributed by atoms with E-state index in [0.717, 1.165) is 38.0 Å². The van der Waals surface area contributed by atoms with E-state index in [1.165, 1.54) is 24.0 Å². The highest BCUT2D eigenvalue weighted by atomic mass is 32.2. The van der Waals surface area contributed by atoms with Crippen LogP contribution in [-0.4, -0.2) is 36.6 Å². The van der Waals surface area contributed by atoms with Crippen LogP contribution in [0.2, 0.25) is 0 Å². The van der Waals surface area contributed by atoms with Gasteiger partial charge in [0.25, 0.3) is 0 Å². The van der Waals surface area contributed by atoms with Gasteiger partial charge in [-0.25, -0.2) is 13.6 Å².